The molecule has 15 heavy (non-hydrogen) atoms. The molecule has 0 saturated heterocycles. The van der Waals surface area contributed by atoms with Crippen molar-refractivity contribution in [3.05, 3.63) is 18.1 Å². The minimum absolute atomic E-state index is 0.0931. The molecule has 1 heterocycles. The number of ether oxygens (including phenoxy) is 1. The summed E-state index contributed by atoms with van der Waals surface area (Å²) in [5.41, 5.74) is 0.736. The van der Waals surface area contributed by atoms with Crippen LogP contribution in [0.15, 0.2) is 12.5 Å². The molecule has 1 aromatic heterocycles. The second-order valence-electron chi connectivity index (χ2n) is 3.07. The van der Waals surface area contributed by atoms with Gasteiger partial charge in [-0.2, -0.15) is 0 Å². The number of carboxylic acids is 1. The van der Waals surface area contributed by atoms with Gasteiger partial charge in [0.05, 0.1) is 12.5 Å². The zero-order valence-corrected chi connectivity index (χ0v) is 8.25. The topological polar surface area (TPSA) is 92.5 Å². The molecule has 0 radical (unpaired) electrons. The van der Waals surface area contributed by atoms with Crippen molar-refractivity contribution in [3.63, 3.8) is 0 Å². The second kappa shape index (κ2) is 5.26. The molecule has 1 aromatic rings. The van der Waals surface area contributed by atoms with Crippen molar-refractivity contribution < 1.29 is 19.7 Å². The molecule has 0 aliphatic heterocycles. The minimum atomic E-state index is -1.06. The second-order valence-corrected chi connectivity index (χ2v) is 3.07. The van der Waals surface area contributed by atoms with E-state index in [0.717, 1.165) is 5.56 Å². The van der Waals surface area contributed by atoms with Crippen molar-refractivity contribution in [2.45, 2.75) is 19.4 Å². The summed E-state index contributed by atoms with van der Waals surface area (Å²) in [7, 11) is 0. The number of aliphatic hydroxyl groups excluding tert-OH is 1. The predicted octanol–water partition coefficient (Wildman–Crippen LogP) is -0.000580. The third-order valence-corrected chi connectivity index (χ3v) is 1.67. The van der Waals surface area contributed by atoms with Crippen molar-refractivity contribution in [1.29, 1.82) is 0 Å². The Balaban J connectivity index is 2.43. The molecule has 82 valence electrons. The standard InChI is InChI=1S/C9H12N2O4/c1-6-3-10-5-11-9(6)15-4-7(12)2-8(13)14/h3,5,7,12H,2,4H2,1H3,(H,13,14). The minimum Gasteiger partial charge on any atom is -0.481 e. The van der Waals surface area contributed by atoms with Crippen LogP contribution in [-0.2, 0) is 4.79 Å². The Morgan fingerprint density at radius 1 is 1.67 bits per heavy atom. The van der Waals surface area contributed by atoms with Gasteiger partial charge in [-0.3, -0.25) is 4.79 Å². The van der Waals surface area contributed by atoms with Crippen molar-refractivity contribution in [1.82, 2.24) is 9.97 Å². The highest BCUT2D eigenvalue weighted by atomic mass is 16.5. The van der Waals surface area contributed by atoms with Crippen molar-refractivity contribution in [3.8, 4) is 5.88 Å². The molecule has 0 saturated carbocycles. The van der Waals surface area contributed by atoms with Crippen LogP contribution in [-0.4, -0.2) is 38.9 Å². The Hall–Kier alpha value is -1.69. The summed E-state index contributed by atoms with van der Waals surface area (Å²) in [6.07, 6.45) is 1.53. The smallest absolute Gasteiger partial charge is 0.306 e. The van der Waals surface area contributed by atoms with Crippen LogP contribution in [0.4, 0.5) is 0 Å². The van der Waals surface area contributed by atoms with E-state index in [1.165, 1.54) is 6.33 Å². The van der Waals surface area contributed by atoms with E-state index in [0.29, 0.717) is 5.88 Å². The van der Waals surface area contributed by atoms with Crippen molar-refractivity contribution in [2.24, 2.45) is 0 Å². The van der Waals surface area contributed by atoms with Gasteiger partial charge in [-0.1, -0.05) is 0 Å². The fourth-order valence-electron chi connectivity index (χ4n) is 0.975. The Bertz CT molecular complexity index is 343. The maximum atomic E-state index is 10.2. The van der Waals surface area contributed by atoms with E-state index in [1.807, 2.05) is 0 Å². The van der Waals surface area contributed by atoms with Gasteiger partial charge in [-0.05, 0) is 6.92 Å². The van der Waals surface area contributed by atoms with Gasteiger partial charge in [0.25, 0.3) is 0 Å². The number of aryl methyl sites for hydroxylation is 1. The monoisotopic (exact) mass is 212 g/mol. The molecule has 0 amide bonds. The normalized spacial score (nSPS) is 12.1. The van der Waals surface area contributed by atoms with Crippen LogP contribution in [0.25, 0.3) is 0 Å². The number of nitrogens with zero attached hydrogens (tertiary/aromatic N) is 2. The van der Waals surface area contributed by atoms with E-state index in [2.05, 4.69) is 9.97 Å². The van der Waals surface area contributed by atoms with Crippen LogP contribution in [0, 0.1) is 6.92 Å². The lowest BCUT2D eigenvalue weighted by atomic mass is 10.3. The molecule has 0 spiro atoms. The van der Waals surface area contributed by atoms with Crippen LogP contribution in [0.1, 0.15) is 12.0 Å². The SMILES string of the molecule is Cc1cncnc1OCC(O)CC(=O)O. The lowest BCUT2D eigenvalue weighted by Gasteiger charge is -2.10. The Morgan fingerprint density at radius 3 is 3.00 bits per heavy atom. The number of hydrogen-bond acceptors (Lipinski definition) is 5. The average Bonchev–Trinajstić information content (AvgIpc) is 2.15. The summed E-state index contributed by atoms with van der Waals surface area (Å²) in [6.45, 7) is 1.67. The quantitative estimate of drug-likeness (QED) is 0.713. The van der Waals surface area contributed by atoms with Gasteiger partial charge in [-0.25, -0.2) is 9.97 Å². The molecule has 0 aliphatic rings. The number of rotatable bonds is 5. The maximum absolute atomic E-state index is 10.2. The van der Waals surface area contributed by atoms with Crippen LogP contribution in [0.2, 0.25) is 0 Å². The number of aliphatic carboxylic acids is 1. The highest BCUT2D eigenvalue weighted by molar-refractivity contribution is 5.67. The molecule has 0 bridgehead atoms. The number of carbonyl (C=O) groups is 1. The van der Waals surface area contributed by atoms with E-state index < -0.39 is 12.1 Å². The maximum Gasteiger partial charge on any atom is 0.306 e. The number of aliphatic hydroxyl groups is 1. The lowest BCUT2D eigenvalue weighted by Crippen LogP contribution is -2.21. The lowest BCUT2D eigenvalue weighted by molar-refractivity contribution is -0.139. The molecule has 1 rings (SSSR count). The molecular formula is C9H12N2O4. The average molecular weight is 212 g/mol. The highest BCUT2D eigenvalue weighted by Crippen LogP contribution is 2.11. The first-order valence-electron chi connectivity index (χ1n) is 4.39. The molecule has 0 fully saturated rings. The largest absolute Gasteiger partial charge is 0.481 e. The molecule has 2 N–H and O–H groups in total. The molecule has 6 nitrogen and oxygen atoms in total. The number of carboxylic acid groups (broad SMARTS) is 1. The summed E-state index contributed by atoms with van der Waals surface area (Å²) in [5.74, 6) is -0.708. The molecule has 6 heteroatoms. The summed E-state index contributed by atoms with van der Waals surface area (Å²) in [4.78, 5) is 17.9. The summed E-state index contributed by atoms with van der Waals surface area (Å²) in [5, 5.41) is 17.6. The van der Waals surface area contributed by atoms with E-state index in [-0.39, 0.29) is 13.0 Å². The fourth-order valence-corrected chi connectivity index (χ4v) is 0.975. The van der Waals surface area contributed by atoms with Gasteiger partial charge in [0.15, 0.2) is 0 Å². The first kappa shape index (κ1) is 11.4. The Morgan fingerprint density at radius 2 is 2.40 bits per heavy atom. The van der Waals surface area contributed by atoms with Crippen LogP contribution < -0.4 is 4.74 Å². The first-order valence-corrected chi connectivity index (χ1v) is 4.39. The molecule has 1 unspecified atom stereocenters. The van der Waals surface area contributed by atoms with Gasteiger partial charge >= 0.3 is 5.97 Å². The number of hydrogen-bond donors (Lipinski definition) is 2. The first-order chi connectivity index (χ1) is 7.09. The summed E-state index contributed by atoms with van der Waals surface area (Å²) < 4.78 is 5.14. The Labute approximate surface area is 86.6 Å². The van der Waals surface area contributed by atoms with E-state index in [4.69, 9.17) is 9.84 Å². The highest BCUT2D eigenvalue weighted by Gasteiger charge is 2.11. The van der Waals surface area contributed by atoms with Gasteiger partial charge in [0.2, 0.25) is 5.88 Å². The number of aromatic nitrogens is 2. The van der Waals surface area contributed by atoms with E-state index >= 15 is 0 Å². The summed E-state index contributed by atoms with van der Waals surface area (Å²) >= 11 is 0. The van der Waals surface area contributed by atoms with E-state index in [9.17, 15) is 9.90 Å². The van der Waals surface area contributed by atoms with Gasteiger partial charge in [0, 0.05) is 11.8 Å². The van der Waals surface area contributed by atoms with Crippen molar-refractivity contribution >= 4 is 5.97 Å². The van der Waals surface area contributed by atoms with E-state index in [1.54, 1.807) is 13.1 Å². The summed E-state index contributed by atoms with van der Waals surface area (Å²) in [6, 6.07) is 0. The molecular weight excluding hydrogens is 200 g/mol. The third-order valence-electron chi connectivity index (χ3n) is 1.67. The zero-order valence-electron chi connectivity index (χ0n) is 8.25. The van der Waals surface area contributed by atoms with Crippen LogP contribution in [0.3, 0.4) is 0 Å². The predicted molar refractivity (Wildman–Crippen MR) is 50.5 cm³/mol. The van der Waals surface area contributed by atoms with Crippen molar-refractivity contribution in [2.75, 3.05) is 6.61 Å². The van der Waals surface area contributed by atoms with Gasteiger partial charge < -0.3 is 14.9 Å². The fraction of sp³-hybridized carbons (Fsp3) is 0.444. The van der Waals surface area contributed by atoms with Crippen LogP contribution in [0.5, 0.6) is 5.88 Å². The zero-order chi connectivity index (χ0) is 11.3. The molecule has 0 aromatic carbocycles. The molecule has 0 aliphatic carbocycles. The Kier molecular flexibility index (Phi) is 3.99. The van der Waals surface area contributed by atoms with Gasteiger partial charge in [-0.15, -0.1) is 0 Å². The van der Waals surface area contributed by atoms with Crippen LogP contribution >= 0.6 is 0 Å². The third kappa shape index (κ3) is 3.90. The van der Waals surface area contributed by atoms with Gasteiger partial charge in [0.1, 0.15) is 12.9 Å². The molecule has 1 atom stereocenters.